The number of nitrogens with zero attached hydrogens (tertiary/aromatic N) is 2. The number of hydrogen-bond donors (Lipinski definition) is 2. The normalized spacial score (nSPS) is 10.7. The molecule has 3 N–H and O–H groups in total. The first kappa shape index (κ1) is 13.0. The molecule has 0 saturated carbocycles. The molecule has 2 aromatic carbocycles. The molecule has 20 heavy (non-hydrogen) atoms. The molecular formula is C14H10FIN4. The third-order valence-electron chi connectivity index (χ3n) is 2.80. The number of halogens is 2. The Labute approximate surface area is 128 Å². The number of fused-ring (bicyclic) bond motifs is 1. The van der Waals surface area contributed by atoms with Gasteiger partial charge >= 0.3 is 0 Å². The molecule has 0 spiro atoms. The summed E-state index contributed by atoms with van der Waals surface area (Å²) in [6, 6.07) is 12.1. The van der Waals surface area contributed by atoms with Crippen LogP contribution in [0.25, 0.3) is 10.9 Å². The van der Waals surface area contributed by atoms with Crippen LogP contribution in [0.1, 0.15) is 0 Å². The number of para-hydroxylation sites is 1. The van der Waals surface area contributed by atoms with Gasteiger partial charge in [-0.2, -0.15) is 4.98 Å². The molecule has 0 radical (unpaired) electrons. The Morgan fingerprint density at radius 2 is 1.90 bits per heavy atom. The van der Waals surface area contributed by atoms with E-state index in [9.17, 15) is 4.39 Å². The van der Waals surface area contributed by atoms with Crippen molar-refractivity contribution in [1.82, 2.24) is 9.97 Å². The third-order valence-corrected chi connectivity index (χ3v) is 3.70. The van der Waals surface area contributed by atoms with E-state index in [1.165, 1.54) is 12.1 Å². The van der Waals surface area contributed by atoms with Crippen LogP contribution in [0.2, 0.25) is 0 Å². The van der Waals surface area contributed by atoms with E-state index < -0.39 is 0 Å². The standard InChI is InChI=1S/C14H10FIN4/c15-8-5-6-12(10(16)7-8)18-13-9-3-1-2-4-11(9)19-14(17)20-13/h1-7H,(H3,17,18,19,20). The summed E-state index contributed by atoms with van der Waals surface area (Å²) in [7, 11) is 0. The van der Waals surface area contributed by atoms with Crippen LogP contribution >= 0.6 is 22.6 Å². The summed E-state index contributed by atoms with van der Waals surface area (Å²) in [5.41, 5.74) is 7.25. The zero-order valence-electron chi connectivity index (χ0n) is 10.3. The summed E-state index contributed by atoms with van der Waals surface area (Å²) < 4.78 is 13.9. The highest BCUT2D eigenvalue weighted by molar-refractivity contribution is 14.1. The molecule has 6 heteroatoms. The Morgan fingerprint density at radius 3 is 2.70 bits per heavy atom. The van der Waals surface area contributed by atoms with Crippen molar-refractivity contribution in [1.29, 1.82) is 0 Å². The summed E-state index contributed by atoms with van der Waals surface area (Å²) in [5.74, 6) is 0.535. The minimum absolute atomic E-state index is 0.198. The predicted octanol–water partition coefficient (Wildman–Crippen LogP) is 3.70. The fraction of sp³-hybridized carbons (Fsp3) is 0. The van der Waals surface area contributed by atoms with Crippen molar-refractivity contribution in [2.45, 2.75) is 0 Å². The number of nitrogens with two attached hydrogens (primary N) is 1. The smallest absolute Gasteiger partial charge is 0.222 e. The molecule has 0 aliphatic heterocycles. The number of aromatic nitrogens is 2. The van der Waals surface area contributed by atoms with Crippen molar-refractivity contribution in [2.24, 2.45) is 0 Å². The summed E-state index contributed by atoms with van der Waals surface area (Å²) in [4.78, 5) is 8.40. The van der Waals surface area contributed by atoms with Crippen LogP contribution in [0, 0.1) is 9.39 Å². The number of nitrogen functional groups attached to an aromatic ring is 1. The van der Waals surface area contributed by atoms with Crippen molar-refractivity contribution in [2.75, 3.05) is 11.1 Å². The number of anilines is 3. The van der Waals surface area contributed by atoms with E-state index in [2.05, 4.69) is 37.9 Å². The van der Waals surface area contributed by atoms with Crippen molar-refractivity contribution in [3.63, 3.8) is 0 Å². The van der Waals surface area contributed by atoms with Crippen LogP contribution in [0.5, 0.6) is 0 Å². The lowest BCUT2D eigenvalue weighted by Gasteiger charge is -2.10. The van der Waals surface area contributed by atoms with E-state index in [0.29, 0.717) is 5.82 Å². The lowest BCUT2D eigenvalue weighted by Crippen LogP contribution is -2.02. The van der Waals surface area contributed by atoms with Crippen molar-refractivity contribution in [3.8, 4) is 0 Å². The Balaban J connectivity index is 2.10. The topological polar surface area (TPSA) is 63.8 Å². The van der Waals surface area contributed by atoms with Crippen molar-refractivity contribution < 1.29 is 4.39 Å². The van der Waals surface area contributed by atoms with E-state index in [-0.39, 0.29) is 11.8 Å². The Hall–Kier alpha value is -1.96. The minimum Gasteiger partial charge on any atom is -0.368 e. The molecule has 0 amide bonds. The molecule has 3 rings (SSSR count). The second-order valence-electron chi connectivity index (χ2n) is 4.20. The first-order valence-corrected chi connectivity index (χ1v) is 6.96. The van der Waals surface area contributed by atoms with Gasteiger partial charge in [0.1, 0.15) is 11.6 Å². The minimum atomic E-state index is -0.271. The van der Waals surface area contributed by atoms with E-state index in [4.69, 9.17) is 5.73 Å². The highest BCUT2D eigenvalue weighted by Gasteiger charge is 2.08. The SMILES string of the molecule is Nc1nc(Nc2ccc(F)cc2I)c2ccccc2n1. The van der Waals surface area contributed by atoms with E-state index >= 15 is 0 Å². The van der Waals surface area contributed by atoms with Gasteiger partial charge in [-0.3, -0.25) is 0 Å². The molecular weight excluding hydrogens is 370 g/mol. The Bertz CT molecular complexity index is 791. The summed E-state index contributed by atoms with van der Waals surface area (Å²) >= 11 is 2.07. The van der Waals surface area contributed by atoms with Gasteiger partial charge in [0.05, 0.1) is 11.2 Å². The quantitative estimate of drug-likeness (QED) is 0.666. The van der Waals surface area contributed by atoms with Crippen molar-refractivity contribution in [3.05, 3.63) is 51.9 Å². The molecule has 0 bridgehead atoms. The number of benzene rings is 2. The third kappa shape index (κ3) is 2.51. The van der Waals surface area contributed by atoms with E-state index in [0.717, 1.165) is 20.2 Å². The molecule has 1 heterocycles. The van der Waals surface area contributed by atoms with E-state index in [1.807, 2.05) is 24.3 Å². The van der Waals surface area contributed by atoms with Crippen molar-refractivity contribution >= 4 is 50.9 Å². The molecule has 0 atom stereocenters. The maximum Gasteiger partial charge on any atom is 0.222 e. The van der Waals surface area contributed by atoms with Gasteiger partial charge < -0.3 is 11.1 Å². The summed E-state index contributed by atoms with van der Waals surface area (Å²) in [6.07, 6.45) is 0. The molecule has 0 unspecified atom stereocenters. The molecule has 0 saturated heterocycles. The van der Waals surface area contributed by atoms with Gasteiger partial charge in [0.25, 0.3) is 0 Å². The van der Waals surface area contributed by atoms with Crippen LogP contribution in [-0.4, -0.2) is 9.97 Å². The summed E-state index contributed by atoms with van der Waals surface area (Å²) in [6.45, 7) is 0. The average Bonchev–Trinajstić information content (AvgIpc) is 2.41. The van der Waals surface area contributed by atoms with Gasteiger partial charge in [0.15, 0.2) is 0 Å². The lowest BCUT2D eigenvalue weighted by atomic mass is 10.2. The zero-order chi connectivity index (χ0) is 14.1. The monoisotopic (exact) mass is 380 g/mol. The number of rotatable bonds is 2. The Kier molecular flexibility index (Phi) is 3.39. The highest BCUT2D eigenvalue weighted by atomic mass is 127. The zero-order valence-corrected chi connectivity index (χ0v) is 12.4. The molecule has 100 valence electrons. The molecule has 0 aliphatic rings. The van der Waals surface area contributed by atoms with Crippen LogP contribution in [0.4, 0.5) is 21.8 Å². The fourth-order valence-corrected chi connectivity index (χ4v) is 2.52. The molecule has 3 aromatic rings. The summed E-state index contributed by atoms with van der Waals surface area (Å²) in [5, 5.41) is 4.04. The second kappa shape index (κ2) is 5.20. The van der Waals surface area contributed by atoms with Gasteiger partial charge in [0.2, 0.25) is 5.95 Å². The van der Waals surface area contributed by atoms with Gasteiger partial charge in [-0.25, -0.2) is 9.37 Å². The highest BCUT2D eigenvalue weighted by Crippen LogP contribution is 2.27. The van der Waals surface area contributed by atoms with Crippen LogP contribution in [0.15, 0.2) is 42.5 Å². The molecule has 0 aliphatic carbocycles. The maximum absolute atomic E-state index is 13.1. The van der Waals surface area contributed by atoms with E-state index in [1.54, 1.807) is 6.07 Å². The van der Waals surface area contributed by atoms with Gasteiger partial charge in [-0.15, -0.1) is 0 Å². The van der Waals surface area contributed by atoms with Gasteiger partial charge in [-0.05, 0) is 52.9 Å². The molecule has 4 nitrogen and oxygen atoms in total. The van der Waals surface area contributed by atoms with Crippen LogP contribution in [0.3, 0.4) is 0 Å². The largest absolute Gasteiger partial charge is 0.368 e. The van der Waals surface area contributed by atoms with Gasteiger partial charge in [-0.1, -0.05) is 12.1 Å². The number of nitrogens with one attached hydrogen (secondary N) is 1. The Morgan fingerprint density at radius 1 is 1.10 bits per heavy atom. The van der Waals surface area contributed by atoms with Crippen LogP contribution in [-0.2, 0) is 0 Å². The first-order chi connectivity index (χ1) is 9.63. The van der Waals surface area contributed by atoms with Crippen LogP contribution < -0.4 is 11.1 Å². The second-order valence-corrected chi connectivity index (χ2v) is 5.36. The first-order valence-electron chi connectivity index (χ1n) is 5.88. The maximum atomic E-state index is 13.1. The average molecular weight is 380 g/mol. The molecule has 1 aromatic heterocycles. The lowest BCUT2D eigenvalue weighted by molar-refractivity contribution is 0.627. The number of hydrogen-bond acceptors (Lipinski definition) is 4. The molecule has 0 fully saturated rings. The fourth-order valence-electron chi connectivity index (χ4n) is 1.91. The van der Waals surface area contributed by atoms with Gasteiger partial charge in [0, 0.05) is 8.96 Å². The predicted molar refractivity (Wildman–Crippen MR) is 86.4 cm³/mol.